The topological polar surface area (TPSA) is 27.0 Å². The van der Waals surface area contributed by atoms with Gasteiger partial charge in [0.05, 0.1) is 5.31 Å². The lowest BCUT2D eigenvalue weighted by Gasteiger charge is -2.28. The number of rotatable bonds is 4. The smallest absolute Gasteiger partial charge is 0.103 e. The summed E-state index contributed by atoms with van der Waals surface area (Å²) in [5, 5.41) is 13.0. The van der Waals surface area contributed by atoms with E-state index in [-0.39, 0.29) is 0 Å². The largest absolute Gasteiger partial charge is 0.374 e. The van der Waals surface area contributed by atoms with Gasteiger partial charge < -0.3 is 4.90 Å². The lowest BCUT2D eigenvalue weighted by atomic mass is 10.4. The Balaban J connectivity index is 2.24. The van der Waals surface area contributed by atoms with Crippen molar-refractivity contribution in [2.75, 3.05) is 13.1 Å². The lowest BCUT2D eigenvalue weighted by molar-refractivity contribution is 0.427. The summed E-state index contributed by atoms with van der Waals surface area (Å²) >= 11 is 6.27. The third kappa shape index (κ3) is 3.05. The highest BCUT2D eigenvalue weighted by Crippen LogP contribution is 2.53. The summed E-state index contributed by atoms with van der Waals surface area (Å²) in [6.45, 7) is 4.11. The van der Waals surface area contributed by atoms with Gasteiger partial charge in [0, 0.05) is 24.8 Å². The molecule has 1 aliphatic rings. The Bertz CT molecular complexity index is 772. The van der Waals surface area contributed by atoms with Crippen molar-refractivity contribution in [1.29, 1.82) is 5.26 Å². The second-order valence-corrected chi connectivity index (χ2v) is 10.4. The zero-order valence-electron chi connectivity index (χ0n) is 13.9. The standard InChI is InChI=1S/C20H21N2PS/c1-17(22-14-8-9-15-22)20(16-21)23(24,18-10-4-2-5-11-18)19-12-6-3-7-13-19/h2-7,10-13H,8-9,14-15H2,1H3/b20-17+. The van der Waals surface area contributed by atoms with Crippen LogP contribution in [0.3, 0.4) is 0 Å². The van der Waals surface area contributed by atoms with Gasteiger partial charge in [0.15, 0.2) is 0 Å². The molecule has 0 unspecified atom stereocenters. The second kappa shape index (κ2) is 7.34. The van der Waals surface area contributed by atoms with Gasteiger partial charge in [-0.1, -0.05) is 72.5 Å². The first-order chi connectivity index (χ1) is 11.7. The van der Waals surface area contributed by atoms with Crippen molar-refractivity contribution in [3.63, 3.8) is 0 Å². The van der Waals surface area contributed by atoms with Gasteiger partial charge in [-0.3, -0.25) is 0 Å². The molecular formula is C20H21N2PS. The molecule has 24 heavy (non-hydrogen) atoms. The van der Waals surface area contributed by atoms with E-state index in [2.05, 4.69) is 42.2 Å². The van der Waals surface area contributed by atoms with E-state index in [1.807, 2.05) is 36.4 Å². The highest BCUT2D eigenvalue weighted by atomic mass is 32.4. The van der Waals surface area contributed by atoms with Crippen LogP contribution in [0.1, 0.15) is 19.8 Å². The molecule has 4 heteroatoms. The van der Waals surface area contributed by atoms with Gasteiger partial charge >= 0.3 is 0 Å². The van der Waals surface area contributed by atoms with Crippen LogP contribution in [0.2, 0.25) is 0 Å². The predicted octanol–water partition coefficient (Wildman–Crippen LogP) is 3.97. The Morgan fingerprint density at radius 2 is 1.42 bits per heavy atom. The number of hydrogen-bond acceptors (Lipinski definition) is 3. The summed E-state index contributed by atoms with van der Waals surface area (Å²) in [6, 6.07) is 20.5. The van der Waals surface area contributed by atoms with Gasteiger partial charge in [-0.2, -0.15) is 5.26 Å². The fraction of sp³-hybridized carbons (Fsp3) is 0.250. The van der Waals surface area contributed by atoms with E-state index in [9.17, 15) is 5.26 Å². The minimum absolute atomic E-state index is 0.775. The van der Waals surface area contributed by atoms with Crippen molar-refractivity contribution in [1.82, 2.24) is 4.90 Å². The number of nitrogens with zero attached hydrogens (tertiary/aromatic N) is 2. The van der Waals surface area contributed by atoms with Crippen molar-refractivity contribution < 1.29 is 0 Å². The normalized spacial score (nSPS) is 15.8. The van der Waals surface area contributed by atoms with Crippen molar-refractivity contribution in [2.24, 2.45) is 0 Å². The summed E-state index contributed by atoms with van der Waals surface area (Å²) in [5.74, 6) is 0. The molecule has 0 atom stereocenters. The molecule has 1 saturated heterocycles. The van der Waals surface area contributed by atoms with Gasteiger partial charge in [-0.25, -0.2) is 0 Å². The van der Waals surface area contributed by atoms with E-state index >= 15 is 0 Å². The summed E-state index contributed by atoms with van der Waals surface area (Å²) in [7, 11) is 0. The Kier molecular flexibility index (Phi) is 5.19. The average Bonchev–Trinajstić information content (AvgIpc) is 3.18. The Morgan fingerprint density at radius 1 is 0.958 bits per heavy atom. The van der Waals surface area contributed by atoms with E-state index in [0.717, 1.165) is 34.7 Å². The highest BCUT2D eigenvalue weighted by Gasteiger charge is 2.30. The van der Waals surface area contributed by atoms with Crippen LogP contribution < -0.4 is 10.6 Å². The molecule has 0 radical (unpaired) electrons. The maximum absolute atomic E-state index is 10.0. The molecule has 2 nitrogen and oxygen atoms in total. The monoisotopic (exact) mass is 352 g/mol. The maximum atomic E-state index is 10.0. The number of allylic oxidation sites excluding steroid dienone is 2. The van der Waals surface area contributed by atoms with Crippen LogP contribution >= 0.6 is 6.04 Å². The fourth-order valence-corrected chi connectivity index (χ4v) is 7.25. The maximum Gasteiger partial charge on any atom is 0.103 e. The fourth-order valence-electron chi connectivity index (χ4n) is 3.26. The summed E-state index contributed by atoms with van der Waals surface area (Å²) in [5.41, 5.74) is 1.06. The van der Waals surface area contributed by atoms with Crippen LogP contribution in [0.4, 0.5) is 0 Å². The quantitative estimate of drug-likeness (QED) is 0.615. The van der Waals surface area contributed by atoms with Crippen molar-refractivity contribution >= 4 is 28.5 Å². The van der Waals surface area contributed by atoms with Crippen molar-refractivity contribution in [3.8, 4) is 6.07 Å². The first-order valence-corrected chi connectivity index (χ1v) is 11.1. The van der Waals surface area contributed by atoms with Crippen molar-refractivity contribution in [3.05, 3.63) is 71.7 Å². The minimum Gasteiger partial charge on any atom is -0.374 e. The average molecular weight is 352 g/mol. The first kappa shape index (κ1) is 17.0. The zero-order chi connectivity index (χ0) is 17.0. The Hall–Kier alpha value is -1.88. The van der Waals surface area contributed by atoms with Crippen LogP contribution in [0, 0.1) is 11.3 Å². The molecule has 1 aliphatic heterocycles. The third-order valence-electron chi connectivity index (χ3n) is 4.58. The zero-order valence-corrected chi connectivity index (χ0v) is 15.6. The van der Waals surface area contributed by atoms with Gasteiger partial charge in [-0.05, 0) is 30.4 Å². The second-order valence-electron chi connectivity index (χ2n) is 6.02. The molecule has 2 aromatic rings. The van der Waals surface area contributed by atoms with Crippen LogP contribution in [0.25, 0.3) is 0 Å². The van der Waals surface area contributed by atoms with E-state index in [4.69, 9.17) is 11.8 Å². The molecule has 0 aliphatic carbocycles. The van der Waals surface area contributed by atoms with Gasteiger partial charge in [0.25, 0.3) is 0 Å². The molecule has 0 N–H and O–H groups in total. The van der Waals surface area contributed by atoms with E-state index < -0.39 is 6.04 Å². The lowest BCUT2D eigenvalue weighted by Crippen LogP contribution is -2.23. The summed E-state index contributed by atoms with van der Waals surface area (Å²) in [6.07, 6.45) is 2.38. The van der Waals surface area contributed by atoms with Gasteiger partial charge in [-0.15, -0.1) is 0 Å². The molecule has 0 aromatic heterocycles. The number of benzene rings is 2. The SMILES string of the molecule is C/C(=C(/C#N)P(=S)(c1ccccc1)c1ccccc1)N1CCCC1. The number of nitriles is 1. The molecule has 0 bridgehead atoms. The van der Waals surface area contributed by atoms with Crippen LogP contribution in [0.15, 0.2) is 71.7 Å². The molecular weight excluding hydrogens is 331 g/mol. The molecule has 0 amide bonds. The molecule has 0 saturated carbocycles. The highest BCUT2D eigenvalue weighted by molar-refractivity contribution is 8.24. The first-order valence-electron chi connectivity index (χ1n) is 8.25. The van der Waals surface area contributed by atoms with Crippen LogP contribution in [-0.4, -0.2) is 18.0 Å². The molecule has 1 heterocycles. The molecule has 122 valence electrons. The van der Waals surface area contributed by atoms with Crippen LogP contribution in [-0.2, 0) is 11.8 Å². The van der Waals surface area contributed by atoms with Gasteiger partial charge in [0.1, 0.15) is 6.07 Å². The minimum atomic E-state index is -2.33. The summed E-state index contributed by atoms with van der Waals surface area (Å²) in [4.78, 5) is 2.32. The van der Waals surface area contributed by atoms with E-state index in [1.54, 1.807) is 0 Å². The predicted molar refractivity (Wildman–Crippen MR) is 106 cm³/mol. The molecule has 0 spiro atoms. The summed E-state index contributed by atoms with van der Waals surface area (Å²) < 4.78 is 0. The number of hydrogen-bond donors (Lipinski definition) is 0. The molecule has 3 rings (SSSR count). The van der Waals surface area contributed by atoms with E-state index in [0.29, 0.717) is 0 Å². The van der Waals surface area contributed by atoms with Crippen LogP contribution in [0.5, 0.6) is 0 Å². The number of likely N-dealkylation sites (tertiary alicyclic amines) is 1. The van der Waals surface area contributed by atoms with E-state index in [1.165, 1.54) is 12.8 Å². The third-order valence-corrected chi connectivity index (χ3v) is 9.50. The van der Waals surface area contributed by atoms with Gasteiger partial charge in [0.2, 0.25) is 0 Å². The molecule has 2 aromatic carbocycles. The Morgan fingerprint density at radius 3 is 1.83 bits per heavy atom. The Labute approximate surface area is 149 Å². The van der Waals surface area contributed by atoms with Crippen molar-refractivity contribution in [2.45, 2.75) is 19.8 Å². The molecule has 1 fully saturated rings.